The lowest BCUT2D eigenvalue weighted by Crippen LogP contribution is -2.02. The summed E-state index contributed by atoms with van der Waals surface area (Å²) in [5.74, 6) is 4.07. The molecular weight excluding hydrogens is 228 g/mol. The Morgan fingerprint density at radius 3 is 2.47 bits per heavy atom. The second kappa shape index (κ2) is 8.46. The van der Waals surface area contributed by atoms with Gasteiger partial charge >= 0.3 is 0 Å². The molecule has 1 rings (SSSR count). The van der Waals surface area contributed by atoms with E-state index in [9.17, 15) is 0 Å². The van der Waals surface area contributed by atoms with E-state index in [1.54, 1.807) is 0 Å². The van der Waals surface area contributed by atoms with Gasteiger partial charge in [-0.15, -0.1) is 0 Å². The molecule has 1 aromatic rings. The molecule has 1 nitrogen and oxygen atoms in total. The summed E-state index contributed by atoms with van der Waals surface area (Å²) in [4.78, 5) is 0. The molecule has 17 heavy (non-hydrogen) atoms. The van der Waals surface area contributed by atoms with Crippen LogP contribution in [0.1, 0.15) is 32.8 Å². The maximum Gasteiger partial charge on any atom is 0.119 e. The van der Waals surface area contributed by atoms with Crippen LogP contribution in [0.15, 0.2) is 24.3 Å². The lowest BCUT2D eigenvalue weighted by atomic mass is 10.1. The van der Waals surface area contributed by atoms with Gasteiger partial charge in [0.2, 0.25) is 0 Å². The number of hydrogen-bond donors (Lipinski definition) is 0. The SMILES string of the molecule is CCCc1ccc(OCCSCC(C)C)cc1. The van der Waals surface area contributed by atoms with E-state index in [2.05, 4.69) is 45.0 Å². The minimum absolute atomic E-state index is 0.772. The Morgan fingerprint density at radius 2 is 1.88 bits per heavy atom. The number of benzene rings is 1. The molecule has 0 N–H and O–H groups in total. The predicted molar refractivity (Wildman–Crippen MR) is 78.1 cm³/mol. The highest BCUT2D eigenvalue weighted by atomic mass is 32.2. The van der Waals surface area contributed by atoms with Crippen molar-refractivity contribution in [3.63, 3.8) is 0 Å². The zero-order chi connectivity index (χ0) is 12.5. The van der Waals surface area contributed by atoms with Crippen molar-refractivity contribution in [3.05, 3.63) is 29.8 Å². The number of rotatable bonds is 8. The van der Waals surface area contributed by atoms with Crippen LogP contribution in [0.5, 0.6) is 5.75 Å². The number of ether oxygens (including phenoxy) is 1. The number of aryl methyl sites for hydroxylation is 1. The minimum Gasteiger partial charge on any atom is -0.493 e. The first-order valence-corrected chi connectivity index (χ1v) is 7.67. The van der Waals surface area contributed by atoms with E-state index >= 15 is 0 Å². The largest absolute Gasteiger partial charge is 0.493 e. The maximum absolute atomic E-state index is 5.70. The van der Waals surface area contributed by atoms with Crippen LogP contribution in [-0.2, 0) is 6.42 Å². The monoisotopic (exact) mass is 252 g/mol. The molecule has 0 aliphatic rings. The average Bonchev–Trinajstić information content (AvgIpc) is 2.31. The molecule has 0 bridgehead atoms. The molecule has 0 heterocycles. The molecule has 0 amide bonds. The fourth-order valence-electron chi connectivity index (χ4n) is 1.58. The molecule has 0 aliphatic carbocycles. The van der Waals surface area contributed by atoms with E-state index in [1.807, 2.05) is 11.8 Å². The van der Waals surface area contributed by atoms with Crippen LogP contribution in [0.3, 0.4) is 0 Å². The van der Waals surface area contributed by atoms with Crippen LogP contribution < -0.4 is 4.74 Å². The fraction of sp³-hybridized carbons (Fsp3) is 0.600. The lowest BCUT2D eigenvalue weighted by molar-refractivity contribution is 0.344. The van der Waals surface area contributed by atoms with E-state index in [0.29, 0.717) is 0 Å². The van der Waals surface area contributed by atoms with Gasteiger partial charge < -0.3 is 4.74 Å². The quantitative estimate of drug-likeness (QED) is 0.634. The smallest absolute Gasteiger partial charge is 0.119 e. The zero-order valence-electron chi connectivity index (χ0n) is 11.2. The molecular formula is C15H24OS. The summed E-state index contributed by atoms with van der Waals surface area (Å²) in [5, 5.41) is 0. The van der Waals surface area contributed by atoms with Gasteiger partial charge in [0.15, 0.2) is 0 Å². The molecule has 0 atom stereocenters. The van der Waals surface area contributed by atoms with Crippen molar-refractivity contribution in [2.45, 2.75) is 33.6 Å². The second-order valence-electron chi connectivity index (χ2n) is 4.71. The van der Waals surface area contributed by atoms with Crippen LogP contribution in [-0.4, -0.2) is 18.1 Å². The molecule has 1 aromatic carbocycles. The average molecular weight is 252 g/mol. The maximum atomic E-state index is 5.70. The third-order valence-corrected chi connectivity index (χ3v) is 3.77. The van der Waals surface area contributed by atoms with Gasteiger partial charge in [-0.05, 0) is 35.8 Å². The molecule has 0 saturated carbocycles. The normalized spacial score (nSPS) is 10.8. The first-order chi connectivity index (χ1) is 8.22. The number of hydrogen-bond acceptors (Lipinski definition) is 2. The molecule has 0 spiro atoms. The van der Waals surface area contributed by atoms with Gasteiger partial charge in [-0.3, -0.25) is 0 Å². The summed E-state index contributed by atoms with van der Waals surface area (Å²) < 4.78 is 5.70. The molecule has 2 heteroatoms. The van der Waals surface area contributed by atoms with Crippen molar-refractivity contribution in [3.8, 4) is 5.75 Å². The molecule has 0 aromatic heterocycles. The third-order valence-electron chi connectivity index (χ3n) is 2.41. The summed E-state index contributed by atoms with van der Waals surface area (Å²) in [6, 6.07) is 8.50. The molecule has 96 valence electrons. The Hall–Kier alpha value is -0.630. The van der Waals surface area contributed by atoms with E-state index in [-0.39, 0.29) is 0 Å². The van der Waals surface area contributed by atoms with Gasteiger partial charge in [-0.2, -0.15) is 11.8 Å². The second-order valence-corrected chi connectivity index (χ2v) is 5.86. The van der Waals surface area contributed by atoms with Crippen molar-refractivity contribution in [1.29, 1.82) is 0 Å². The number of thioether (sulfide) groups is 1. The van der Waals surface area contributed by atoms with Crippen LogP contribution in [0.4, 0.5) is 0 Å². The summed E-state index contributed by atoms with van der Waals surface area (Å²) >= 11 is 1.97. The highest BCUT2D eigenvalue weighted by Gasteiger charge is 1.97. The third kappa shape index (κ3) is 6.62. The summed E-state index contributed by atoms with van der Waals surface area (Å²) in [5.41, 5.74) is 1.40. The van der Waals surface area contributed by atoms with Gasteiger partial charge in [0.25, 0.3) is 0 Å². The van der Waals surface area contributed by atoms with E-state index in [1.165, 1.54) is 17.7 Å². The molecule has 0 unspecified atom stereocenters. The Labute approximate surface area is 110 Å². The Balaban J connectivity index is 2.18. The van der Waals surface area contributed by atoms with Crippen LogP contribution >= 0.6 is 11.8 Å². The Kier molecular flexibility index (Phi) is 7.18. The summed E-state index contributed by atoms with van der Waals surface area (Å²) in [6.45, 7) is 7.52. The van der Waals surface area contributed by atoms with Crippen molar-refractivity contribution in [1.82, 2.24) is 0 Å². The van der Waals surface area contributed by atoms with Gasteiger partial charge in [0.1, 0.15) is 5.75 Å². The van der Waals surface area contributed by atoms with Gasteiger partial charge in [0.05, 0.1) is 6.61 Å². The van der Waals surface area contributed by atoms with E-state index in [0.717, 1.165) is 30.4 Å². The summed E-state index contributed by atoms with van der Waals surface area (Å²) in [7, 11) is 0. The Morgan fingerprint density at radius 1 is 1.18 bits per heavy atom. The highest BCUT2D eigenvalue weighted by Crippen LogP contribution is 2.14. The van der Waals surface area contributed by atoms with Gasteiger partial charge in [-0.1, -0.05) is 39.3 Å². The lowest BCUT2D eigenvalue weighted by Gasteiger charge is -2.08. The highest BCUT2D eigenvalue weighted by molar-refractivity contribution is 7.99. The van der Waals surface area contributed by atoms with Crippen molar-refractivity contribution < 1.29 is 4.74 Å². The predicted octanol–water partition coefficient (Wildman–Crippen LogP) is 4.41. The van der Waals surface area contributed by atoms with Crippen molar-refractivity contribution >= 4 is 11.8 Å². The summed E-state index contributed by atoms with van der Waals surface area (Å²) in [6.07, 6.45) is 2.36. The first-order valence-electron chi connectivity index (χ1n) is 6.52. The molecule has 0 aliphatic heterocycles. The molecule has 0 fully saturated rings. The minimum atomic E-state index is 0.772. The topological polar surface area (TPSA) is 9.23 Å². The van der Waals surface area contributed by atoms with Gasteiger partial charge in [-0.25, -0.2) is 0 Å². The van der Waals surface area contributed by atoms with Crippen LogP contribution in [0.2, 0.25) is 0 Å². The molecule has 0 saturated heterocycles. The fourth-order valence-corrected chi connectivity index (χ4v) is 2.42. The standard InChI is InChI=1S/C15H24OS/c1-4-5-14-6-8-15(9-7-14)16-10-11-17-12-13(2)3/h6-9,13H,4-5,10-12H2,1-3H3. The van der Waals surface area contributed by atoms with E-state index < -0.39 is 0 Å². The first kappa shape index (κ1) is 14.4. The van der Waals surface area contributed by atoms with Crippen molar-refractivity contribution in [2.24, 2.45) is 5.92 Å². The van der Waals surface area contributed by atoms with Crippen molar-refractivity contribution in [2.75, 3.05) is 18.1 Å². The Bertz CT molecular complexity index is 292. The van der Waals surface area contributed by atoms with Crippen LogP contribution in [0, 0.1) is 5.92 Å². The van der Waals surface area contributed by atoms with Crippen LogP contribution in [0.25, 0.3) is 0 Å². The zero-order valence-corrected chi connectivity index (χ0v) is 12.1. The van der Waals surface area contributed by atoms with E-state index in [4.69, 9.17) is 4.74 Å². The molecule has 0 radical (unpaired) electrons. The van der Waals surface area contributed by atoms with Gasteiger partial charge in [0, 0.05) is 5.75 Å².